The molecule has 196 valence electrons. The van der Waals surface area contributed by atoms with Crippen molar-refractivity contribution in [2.24, 2.45) is 57.2 Å². The van der Waals surface area contributed by atoms with Crippen LogP contribution in [0.1, 0.15) is 106 Å². The molecule has 4 fully saturated rings. The van der Waals surface area contributed by atoms with Gasteiger partial charge in [0.15, 0.2) is 0 Å². The highest BCUT2D eigenvalue weighted by molar-refractivity contribution is 5.77. The second kappa shape index (κ2) is 8.09. The van der Waals surface area contributed by atoms with Gasteiger partial charge in [-0.1, -0.05) is 53.2 Å². The molecule has 1 N–H and O–H groups in total. The zero-order chi connectivity index (χ0) is 25.6. The first-order valence-corrected chi connectivity index (χ1v) is 14.4. The molecule has 5 rings (SSSR count). The molecule has 5 aliphatic rings. The lowest BCUT2D eigenvalue weighted by atomic mass is 9.39. The molecule has 4 heteroatoms. The van der Waals surface area contributed by atoms with Crippen LogP contribution in [-0.2, 0) is 14.3 Å². The van der Waals surface area contributed by atoms with Gasteiger partial charge in [0, 0.05) is 12.3 Å². The van der Waals surface area contributed by atoms with Gasteiger partial charge in [-0.25, -0.2) is 0 Å². The predicted octanol–water partition coefficient (Wildman–Crippen LogP) is 7.27. The number of carbonyl (C=O) groups excluding carboxylic acids is 1. The maximum absolute atomic E-state index is 12.9. The molecule has 35 heavy (non-hydrogen) atoms. The maximum atomic E-state index is 12.9. The number of ether oxygens (including phenoxy) is 1. The summed E-state index contributed by atoms with van der Waals surface area (Å²) in [7, 11) is 0. The number of allylic oxidation sites excluding steroid dienone is 2. The van der Waals surface area contributed by atoms with Gasteiger partial charge in [0.1, 0.15) is 6.10 Å². The SMILES string of the molecule is CC(=O)O[C@@H]1CC[C@]2(C)[C@H]3CC=C4[C@H]5CC[C@@H](C(C)C)[C@]5(C(=O)O)CC[C@@]4(C)[C@@H]3CC[C@H]2C1(C)C. The van der Waals surface area contributed by atoms with Crippen LogP contribution in [0.4, 0.5) is 0 Å². The number of rotatable bonds is 3. The highest BCUT2D eigenvalue weighted by Gasteiger charge is 2.67. The Balaban J connectivity index is 1.49. The minimum Gasteiger partial charge on any atom is -0.481 e. The number of hydrogen-bond acceptors (Lipinski definition) is 3. The Bertz CT molecular complexity index is 932. The Morgan fingerprint density at radius 2 is 1.69 bits per heavy atom. The number of carboxylic acid groups (broad SMARTS) is 1. The standard InChI is InChI=1S/C31H48O4/c1-18(2)20-8-11-24-23-10-9-22-21(29(23,6)16-17-31(20,24)27(33)34)12-13-25-28(4,5)26(35-19(3)32)14-15-30(22,25)7/h10,18,20-22,24-26H,8-9,11-17H2,1-7H3,(H,33,34)/t20-,21+,22-,24+,25-,26+,29-,30+,31+/m0/s1. The van der Waals surface area contributed by atoms with E-state index < -0.39 is 11.4 Å². The normalized spacial score (nSPS) is 48.2. The lowest BCUT2D eigenvalue weighted by Crippen LogP contribution is -2.61. The summed E-state index contributed by atoms with van der Waals surface area (Å²) in [6, 6.07) is 0. The second-order valence-corrected chi connectivity index (χ2v) is 14.4. The molecular formula is C31H48O4. The van der Waals surface area contributed by atoms with E-state index in [1.54, 1.807) is 6.92 Å². The monoisotopic (exact) mass is 484 g/mol. The molecule has 0 amide bonds. The molecule has 0 radical (unpaired) electrons. The molecule has 0 heterocycles. The average molecular weight is 485 g/mol. The summed E-state index contributed by atoms with van der Waals surface area (Å²) >= 11 is 0. The minimum atomic E-state index is -0.558. The first kappa shape index (κ1) is 25.3. The molecule has 4 saturated carbocycles. The third-order valence-electron chi connectivity index (χ3n) is 12.6. The fourth-order valence-corrected chi connectivity index (χ4v) is 11.1. The predicted molar refractivity (Wildman–Crippen MR) is 138 cm³/mol. The lowest BCUT2D eigenvalue weighted by molar-refractivity contribution is -0.191. The minimum absolute atomic E-state index is 0.0113. The van der Waals surface area contributed by atoms with Gasteiger partial charge in [-0.3, -0.25) is 9.59 Å². The second-order valence-electron chi connectivity index (χ2n) is 14.4. The molecule has 9 atom stereocenters. The smallest absolute Gasteiger partial charge is 0.310 e. The number of hydrogen-bond donors (Lipinski definition) is 1. The first-order chi connectivity index (χ1) is 16.3. The van der Waals surface area contributed by atoms with Gasteiger partial charge in [-0.05, 0) is 104 Å². The van der Waals surface area contributed by atoms with E-state index in [1.165, 1.54) is 18.4 Å². The Morgan fingerprint density at radius 3 is 2.31 bits per heavy atom. The Labute approximate surface area is 212 Å². The highest BCUT2D eigenvalue weighted by Crippen LogP contribution is 2.72. The van der Waals surface area contributed by atoms with Crippen LogP contribution in [0.2, 0.25) is 0 Å². The van der Waals surface area contributed by atoms with Gasteiger partial charge < -0.3 is 9.84 Å². The highest BCUT2D eigenvalue weighted by atomic mass is 16.5. The van der Waals surface area contributed by atoms with E-state index in [9.17, 15) is 14.7 Å². The van der Waals surface area contributed by atoms with E-state index in [1.807, 2.05) is 0 Å². The molecular weight excluding hydrogens is 436 g/mol. The van der Waals surface area contributed by atoms with E-state index >= 15 is 0 Å². The molecule has 5 aliphatic carbocycles. The summed E-state index contributed by atoms with van der Waals surface area (Å²) in [6.45, 7) is 15.7. The van der Waals surface area contributed by atoms with Gasteiger partial charge >= 0.3 is 11.9 Å². The van der Waals surface area contributed by atoms with E-state index in [0.29, 0.717) is 29.6 Å². The topological polar surface area (TPSA) is 63.6 Å². The van der Waals surface area contributed by atoms with Gasteiger partial charge in [0.05, 0.1) is 5.41 Å². The fourth-order valence-electron chi connectivity index (χ4n) is 11.1. The summed E-state index contributed by atoms with van der Waals surface area (Å²) in [6.07, 6.45) is 12.1. The van der Waals surface area contributed by atoms with E-state index in [2.05, 4.69) is 47.6 Å². The molecule has 0 aromatic heterocycles. The van der Waals surface area contributed by atoms with E-state index in [0.717, 1.165) is 44.9 Å². The number of esters is 1. The quantitative estimate of drug-likeness (QED) is 0.338. The van der Waals surface area contributed by atoms with Crippen molar-refractivity contribution in [2.45, 2.75) is 112 Å². The zero-order valence-corrected chi connectivity index (χ0v) is 23.2. The molecule has 0 aromatic rings. The summed E-state index contributed by atoms with van der Waals surface area (Å²) in [5, 5.41) is 10.6. The Kier molecular flexibility index (Phi) is 5.85. The Hall–Kier alpha value is -1.32. The van der Waals surface area contributed by atoms with Crippen LogP contribution in [0.25, 0.3) is 0 Å². The van der Waals surface area contributed by atoms with E-state index in [4.69, 9.17) is 4.74 Å². The van der Waals surface area contributed by atoms with Gasteiger partial charge in [-0.2, -0.15) is 0 Å². The van der Waals surface area contributed by atoms with Gasteiger partial charge in [0.2, 0.25) is 0 Å². The van der Waals surface area contributed by atoms with Crippen LogP contribution in [0, 0.1) is 57.2 Å². The molecule has 0 spiro atoms. The summed E-state index contributed by atoms with van der Waals surface area (Å²) in [5.41, 5.74) is 1.31. The summed E-state index contributed by atoms with van der Waals surface area (Å²) < 4.78 is 5.85. The molecule has 4 nitrogen and oxygen atoms in total. The molecule has 0 aromatic carbocycles. The number of carbonyl (C=O) groups is 2. The molecule has 0 unspecified atom stereocenters. The van der Waals surface area contributed by atoms with Crippen molar-refractivity contribution in [1.82, 2.24) is 0 Å². The Morgan fingerprint density at radius 1 is 0.971 bits per heavy atom. The van der Waals surface area contributed by atoms with Crippen molar-refractivity contribution in [1.29, 1.82) is 0 Å². The molecule has 0 saturated heterocycles. The summed E-state index contributed by atoms with van der Waals surface area (Å²) in [5.74, 6) is 2.05. The first-order valence-electron chi connectivity index (χ1n) is 14.4. The lowest BCUT2D eigenvalue weighted by Gasteiger charge is -2.66. The van der Waals surface area contributed by atoms with Crippen LogP contribution in [0.3, 0.4) is 0 Å². The largest absolute Gasteiger partial charge is 0.481 e. The third-order valence-corrected chi connectivity index (χ3v) is 12.6. The van der Waals surface area contributed by atoms with Crippen molar-refractivity contribution in [3.8, 4) is 0 Å². The van der Waals surface area contributed by atoms with Crippen molar-refractivity contribution < 1.29 is 19.4 Å². The van der Waals surface area contributed by atoms with Crippen molar-refractivity contribution in [2.75, 3.05) is 0 Å². The van der Waals surface area contributed by atoms with Crippen molar-refractivity contribution >= 4 is 11.9 Å². The summed E-state index contributed by atoms with van der Waals surface area (Å²) in [4.78, 5) is 24.7. The van der Waals surface area contributed by atoms with Gasteiger partial charge in [0.25, 0.3) is 0 Å². The average Bonchev–Trinajstić information content (AvgIpc) is 3.17. The maximum Gasteiger partial charge on any atom is 0.310 e. The van der Waals surface area contributed by atoms with Crippen molar-refractivity contribution in [3.05, 3.63) is 11.6 Å². The van der Waals surface area contributed by atoms with Crippen LogP contribution in [0.15, 0.2) is 11.6 Å². The van der Waals surface area contributed by atoms with E-state index in [-0.39, 0.29) is 34.2 Å². The fraction of sp³-hybridized carbons (Fsp3) is 0.871. The molecule has 0 aliphatic heterocycles. The number of aliphatic carboxylic acids is 1. The van der Waals surface area contributed by atoms with Gasteiger partial charge in [-0.15, -0.1) is 0 Å². The van der Waals surface area contributed by atoms with Crippen LogP contribution in [0.5, 0.6) is 0 Å². The molecule has 0 bridgehead atoms. The number of fused-ring (bicyclic) bond motifs is 7. The third kappa shape index (κ3) is 3.29. The zero-order valence-electron chi connectivity index (χ0n) is 23.2. The van der Waals surface area contributed by atoms with Crippen LogP contribution in [-0.4, -0.2) is 23.1 Å². The number of carboxylic acids is 1. The van der Waals surface area contributed by atoms with Crippen LogP contribution < -0.4 is 0 Å². The van der Waals surface area contributed by atoms with Crippen LogP contribution >= 0.6 is 0 Å². The van der Waals surface area contributed by atoms with Crippen molar-refractivity contribution in [3.63, 3.8) is 0 Å².